The molecule has 0 saturated heterocycles. The van der Waals surface area contributed by atoms with E-state index in [0.717, 1.165) is 0 Å². The van der Waals surface area contributed by atoms with Crippen molar-refractivity contribution < 1.29 is 19.2 Å². The number of carbonyl (C=O) groups excluding carboxylic acids is 1. The first-order valence-corrected chi connectivity index (χ1v) is 6.50. The van der Waals surface area contributed by atoms with Gasteiger partial charge in [-0.15, -0.1) is 0 Å². The number of benzene rings is 1. The SMILES string of the molecule is CC(=O)C(c1cc2c(cc1[N+](=O)[O-])OCCO2)C(C)C. The molecule has 20 heavy (non-hydrogen) atoms. The highest BCUT2D eigenvalue weighted by Crippen LogP contribution is 2.41. The molecule has 1 aromatic carbocycles. The number of ether oxygens (including phenoxy) is 2. The van der Waals surface area contributed by atoms with Crippen molar-refractivity contribution in [3.8, 4) is 11.5 Å². The van der Waals surface area contributed by atoms with Gasteiger partial charge < -0.3 is 9.47 Å². The summed E-state index contributed by atoms with van der Waals surface area (Å²) in [7, 11) is 0. The molecule has 6 heteroatoms. The van der Waals surface area contributed by atoms with Crippen LogP contribution in [0, 0.1) is 16.0 Å². The van der Waals surface area contributed by atoms with Gasteiger partial charge >= 0.3 is 0 Å². The molecule has 0 radical (unpaired) electrons. The molecule has 0 aliphatic carbocycles. The summed E-state index contributed by atoms with van der Waals surface area (Å²) in [6.07, 6.45) is 0. The Morgan fingerprint density at radius 3 is 2.25 bits per heavy atom. The van der Waals surface area contributed by atoms with Crippen LogP contribution in [0.4, 0.5) is 5.69 Å². The number of fused-ring (bicyclic) bond motifs is 1. The van der Waals surface area contributed by atoms with Gasteiger partial charge in [-0.1, -0.05) is 13.8 Å². The van der Waals surface area contributed by atoms with Crippen LogP contribution < -0.4 is 9.47 Å². The van der Waals surface area contributed by atoms with Crippen LogP contribution in [-0.2, 0) is 4.79 Å². The summed E-state index contributed by atoms with van der Waals surface area (Å²) in [6.45, 7) is 5.95. The Labute approximate surface area is 116 Å². The number of hydrogen-bond donors (Lipinski definition) is 0. The first-order valence-electron chi connectivity index (χ1n) is 6.50. The van der Waals surface area contributed by atoms with Crippen molar-refractivity contribution >= 4 is 11.5 Å². The average Bonchev–Trinajstić information content (AvgIpc) is 2.36. The maximum Gasteiger partial charge on any atom is 0.277 e. The first kappa shape index (κ1) is 14.3. The topological polar surface area (TPSA) is 78.7 Å². The van der Waals surface area contributed by atoms with Crippen molar-refractivity contribution in [3.05, 3.63) is 27.8 Å². The highest BCUT2D eigenvalue weighted by molar-refractivity contribution is 5.85. The monoisotopic (exact) mass is 279 g/mol. The Morgan fingerprint density at radius 1 is 1.25 bits per heavy atom. The Balaban J connectivity index is 2.60. The molecule has 0 spiro atoms. The van der Waals surface area contributed by atoms with Crippen LogP contribution in [0.15, 0.2) is 12.1 Å². The van der Waals surface area contributed by atoms with Gasteiger partial charge in [0, 0.05) is 5.56 Å². The lowest BCUT2D eigenvalue weighted by molar-refractivity contribution is -0.385. The van der Waals surface area contributed by atoms with E-state index < -0.39 is 10.8 Å². The predicted octanol–water partition coefficient (Wildman–Crippen LogP) is 2.69. The van der Waals surface area contributed by atoms with Crippen LogP contribution in [0.25, 0.3) is 0 Å². The fraction of sp³-hybridized carbons (Fsp3) is 0.500. The molecule has 0 saturated carbocycles. The maximum absolute atomic E-state index is 11.8. The van der Waals surface area contributed by atoms with Gasteiger partial charge in [0.2, 0.25) is 0 Å². The van der Waals surface area contributed by atoms with Gasteiger partial charge in [-0.25, -0.2) is 0 Å². The molecule has 1 aromatic rings. The molecule has 1 aliphatic heterocycles. The van der Waals surface area contributed by atoms with Gasteiger partial charge in [-0.3, -0.25) is 14.9 Å². The third kappa shape index (κ3) is 2.59. The van der Waals surface area contributed by atoms with Crippen LogP contribution >= 0.6 is 0 Å². The Hall–Kier alpha value is -2.11. The summed E-state index contributed by atoms with van der Waals surface area (Å²) in [5, 5.41) is 11.3. The van der Waals surface area contributed by atoms with Crippen LogP contribution in [0.3, 0.4) is 0 Å². The van der Waals surface area contributed by atoms with Gasteiger partial charge in [0.25, 0.3) is 5.69 Å². The average molecular weight is 279 g/mol. The molecule has 0 bridgehead atoms. The summed E-state index contributed by atoms with van der Waals surface area (Å²) in [5.74, 6) is 0.168. The van der Waals surface area contributed by atoms with E-state index in [1.807, 2.05) is 13.8 Å². The zero-order valence-corrected chi connectivity index (χ0v) is 11.7. The number of nitrogens with zero attached hydrogens (tertiary/aromatic N) is 1. The molecule has 1 aliphatic rings. The van der Waals surface area contributed by atoms with E-state index >= 15 is 0 Å². The first-order chi connectivity index (χ1) is 9.41. The number of nitro benzene ring substituents is 1. The zero-order valence-electron chi connectivity index (χ0n) is 11.7. The van der Waals surface area contributed by atoms with Crippen molar-refractivity contribution in [2.45, 2.75) is 26.7 Å². The molecule has 0 N–H and O–H groups in total. The van der Waals surface area contributed by atoms with E-state index in [1.54, 1.807) is 6.07 Å². The minimum Gasteiger partial charge on any atom is -0.486 e. The van der Waals surface area contributed by atoms with E-state index in [1.165, 1.54) is 13.0 Å². The van der Waals surface area contributed by atoms with Crippen molar-refractivity contribution in [2.75, 3.05) is 13.2 Å². The summed E-state index contributed by atoms with van der Waals surface area (Å²) in [4.78, 5) is 22.6. The van der Waals surface area contributed by atoms with Crippen LogP contribution in [-0.4, -0.2) is 23.9 Å². The van der Waals surface area contributed by atoms with Crippen LogP contribution in [0.2, 0.25) is 0 Å². The Morgan fingerprint density at radius 2 is 1.80 bits per heavy atom. The molecular weight excluding hydrogens is 262 g/mol. The lowest BCUT2D eigenvalue weighted by Crippen LogP contribution is -2.19. The van der Waals surface area contributed by atoms with Crippen molar-refractivity contribution in [3.63, 3.8) is 0 Å². The molecule has 1 atom stereocenters. The fourth-order valence-corrected chi connectivity index (χ4v) is 2.55. The van der Waals surface area contributed by atoms with Crippen molar-refractivity contribution in [1.29, 1.82) is 0 Å². The number of carbonyl (C=O) groups is 1. The van der Waals surface area contributed by atoms with E-state index in [9.17, 15) is 14.9 Å². The largest absolute Gasteiger partial charge is 0.486 e. The number of rotatable bonds is 4. The third-order valence-corrected chi connectivity index (χ3v) is 3.33. The number of ketones is 1. The molecule has 1 heterocycles. The van der Waals surface area contributed by atoms with Gasteiger partial charge in [0.15, 0.2) is 11.5 Å². The second kappa shape index (κ2) is 5.48. The van der Waals surface area contributed by atoms with E-state index in [0.29, 0.717) is 30.3 Å². The van der Waals surface area contributed by atoms with E-state index in [2.05, 4.69) is 0 Å². The summed E-state index contributed by atoms with van der Waals surface area (Å²) in [5.41, 5.74) is 0.296. The second-order valence-corrected chi connectivity index (χ2v) is 5.14. The second-order valence-electron chi connectivity index (χ2n) is 5.14. The number of nitro groups is 1. The van der Waals surface area contributed by atoms with E-state index in [4.69, 9.17) is 9.47 Å². The lowest BCUT2D eigenvalue weighted by atomic mass is 9.84. The quantitative estimate of drug-likeness (QED) is 0.625. The van der Waals surface area contributed by atoms with Gasteiger partial charge in [0.1, 0.15) is 19.0 Å². The number of Topliss-reactive ketones (excluding diaryl/α,β-unsaturated/α-hetero) is 1. The molecule has 0 amide bonds. The molecule has 6 nitrogen and oxygen atoms in total. The summed E-state index contributed by atoms with van der Waals surface area (Å²) in [6, 6.07) is 2.92. The smallest absolute Gasteiger partial charge is 0.277 e. The minimum absolute atomic E-state index is 0.0336. The summed E-state index contributed by atoms with van der Waals surface area (Å²) < 4.78 is 10.8. The standard InChI is InChI=1S/C14H17NO5/c1-8(2)14(9(3)16)10-6-12-13(20-5-4-19-12)7-11(10)15(17)18/h6-8,14H,4-5H2,1-3H3. The minimum atomic E-state index is -0.522. The number of hydrogen-bond acceptors (Lipinski definition) is 5. The van der Waals surface area contributed by atoms with Gasteiger partial charge in [-0.05, 0) is 18.9 Å². The third-order valence-electron chi connectivity index (χ3n) is 3.33. The van der Waals surface area contributed by atoms with Crippen LogP contribution in [0.1, 0.15) is 32.3 Å². The Kier molecular flexibility index (Phi) is 3.92. The Bertz CT molecular complexity index is 553. The highest BCUT2D eigenvalue weighted by atomic mass is 16.6. The van der Waals surface area contributed by atoms with E-state index in [-0.39, 0.29) is 17.4 Å². The lowest BCUT2D eigenvalue weighted by Gasteiger charge is -2.22. The fourth-order valence-electron chi connectivity index (χ4n) is 2.55. The molecular formula is C14H17NO5. The predicted molar refractivity (Wildman–Crippen MR) is 72.3 cm³/mol. The highest BCUT2D eigenvalue weighted by Gasteiger charge is 2.31. The summed E-state index contributed by atoms with van der Waals surface area (Å²) >= 11 is 0. The maximum atomic E-state index is 11.8. The molecule has 0 fully saturated rings. The van der Waals surface area contributed by atoms with Gasteiger partial charge in [-0.2, -0.15) is 0 Å². The zero-order chi connectivity index (χ0) is 14.9. The molecule has 108 valence electrons. The van der Waals surface area contributed by atoms with Crippen molar-refractivity contribution in [2.24, 2.45) is 5.92 Å². The molecule has 2 rings (SSSR count). The molecule has 1 unspecified atom stereocenters. The normalized spacial score (nSPS) is 15.0. The van der Waals surface area contributed by atoms with Crippen LogP contribution in [0.5, 0.6) is 11.5 Å². The molecule has 0 aromatic heterocycles. The van der Waals surface area contributed by atoms with Crippen molar-refractivity contribution in [1.82, 2.24) is 0 Å². The van der Waals surface area contributed by atoms with Gasteiger partial charge in [0.05, 0.1) is 16.9 Å².